The minimum absolute atomic E-state index is 0.0587. The van der Waals surface area contributed by atoms with Crippen molar-refractivity contribution >= 4 is 17.2 Å². The van der Waals surface area contributed by atoms with Gasteiger partial charge in [-0.3, -0.25) is 9.78 Å². The van der Waals surface area contributed by atoms with Gasteiger partial charge in [-0.25, -0.2) is 0 Å². The van der Waals surface area contributed by atoms with Crippen LogP contribution in [0.2, 0.25) is 0 Å². The highest BCUT2D eigenvalue weighted by Gasteiger charge is 2.27. The maximum Gasteiger partial charge on any atom is 0.255 e. The molecule has 3 heterocycles. The van der Waals surface area contributed by atoms with Crippen LogP contribution in [0.5, 0.6) is 0 Å². The van der Waals surface area contributed by atoms with Gasteiger partial charge in [0.25, 0.3) is 5.91 Å². The van der Waals surface area contributed by atoms with Crippen LogP contribution in [-0.2, 0) is 11.3 Å². The van der Waals surface area contributed by atoms with Crippen molar-refractivity contribution in [2.24, 2.45) is 0 Å². The summed E-state index contributed by atoms with van der Waals surface area (Å²) in [6.45, 7) is 2.12. The summed E-state index contributed by atoms with van der Waals surface area (Å²) < 4.78 is 5.42. The van der Waals surface area contributed by atoms with Crippen LogP contribution in [0.3, 0.4) is 0 Å². The van der Waals surface area contributed by atoms with Gasteiger partial charge in [-0.2, -0.15) is 0 Å². The summed E-state index contributed by atoms with van der Waals surface area (Å²) in [7, 11) is 0. The monoisotopic (exact) mass is 302 g/mol. The lowest BCUT2D eigenvalue weighted by molar-refractivity contribution is 0.0270. The first kappa shape index (κ1) is 14.2. The van der Waals surface area contributed by atoms with Crippen molar-refractivity contribution in [2.45, 2.75) is 25.4 Å². The molecular weight excluding hydrogens is 284 g/mol. The Morgan fingerprint density at radius 1 is 1.33 bits per heavy atom. The van der Waals surface area contributed by atoms with Crippen LogP contribution in [0, 0.1) is 0 Å². The molecule has 21 heavy (non-hydrogen) atoms. The zero-order chi connectivity index (χ0) is 14.5. The van der Waals surface area contributed by atoms with E-state index >= 15 is 0 Å². The molecule has 0 saturated carbocycles. The molecule has 0 aliphatic carbocycles. The molecule has 1 amide bonds. The Bertz CT molecular complexity index is 565. The van der Waals surface area contributed by atoms with Crippen molar-refractivity contribution in [3.8, 4) is 0 Å². The molecule has 1 fully saturated rings. The zero-order valence-corrected chi connectivity index (χ0v) is 12.6. The van der Waals surface area contributed by atoms with Gasteiger partial charge in [0.05, 0.1) is 12.1 Å². The molecule has 2 aromatic rings. The van der Waals surface area contributed by atoms with E-state index in [1.54, 1.807) is 29.8 Å². The fourth-order valence-electron chi connectivity index (χ4n) is 2.59. The molecule has 0 bridgehead atoms. The van der Waals surface area contributed by atoms with E-state index in [1.165, 1.54) is 4.88 Å². The molecule has 1 saturated heterocycles. The van der Waals surface area contributed by atoms with Gasteiger partial charge in [0.15, 0.2) is 0 Å². The standard InChI is InChI=1S/C16H18N2O2S/c19-16(13-3-1-7-17-11-13)18(12-15-4-2-10-21-15)14-5-8-20-9-6-14/h1-4,7,10-11,14H,5-6,8-9,12H2. The average molecular weight is 302 g/mol. The quantitative estimate of drug-likeness (QED) is 0.872. The van der Waals surface area contributed by atoms with Gasteiger partial charge in [-0.1, -0.05) is 6.07 Å². The minimum Gasteiger partial charge on any atom is -0.381 e. The Labute approximate surface area is 128 Å². The Balaban J connectivity index is 1.82. The lowest BCUT2D eigenvalue weighted by atomic mass is 10.1. The third kappa shape index (κ3) is 3.49. The molecule has 0 atom stereocenters. The van der Waals surface area contributed by atoms with Gasteiger partial charge in [0.1, 0.15) is 0 Å². The average Bonchev–Trinajstić information content (AvgIpc) is 3.07. The summed E-state index contributed by atoms with van der Waals surface area (Å²) in [5.74, 6) is 0.0587. The van der Waals surface area contributed by atoms with E-state index in [2.05, 4.69) is 11.1 Å². The number of aromatic nitrogens is 1. The molecule has 110 valence electrons. The van der Waals surface area contributed by atoms with Crippen LogP contribution < -0.4 is 0 Å². The first-order chi connectivity index (χ1) is 10.3. The molecule has 4 nitrogen and oxygen atoms in total. The molecule has 0 unspecified atom stereocenters. The van der Waals surface area contributed by atoms with Crippen molar-refractivity contribution in [2.75, 3.05) is 13.2 Å². The lowest BCUT2D eigenvalue weighted by Crippen LogP contribution is -2.42. The zero-order valence-electron chi connectivity index (χ0n) is 11.8. The number of hydrogen-bond acceptors (Lipinski definition) is 4. The number of thiophene rings is 1. The molecule has 0 radical (unpaired) electrons. The first-order valence-electron chi connectivity index (χ1n) is 7.16. The van der Waals surface area contributed by atoms with E-state index in [4.69, 9.17) is 4.74 Å². The molecule has 1 aliphatic heterocycles. The van der Waals surface area contributed by atoms with Gasteiger partial charge < -0.3 is 9.64 Å². The Hall–Kier alpha value is -1.72. The molecule has 3 rings (SSSR count). The number of nitrogens with zero attached hydrogens (tertiary/aromatic N) is 2. The van der Waals surface area contributed by atoms with Gasteiger partial charge in [0, 0.05) is 36.5 Å². The van der Waals surface area contributed by atoms with Gasteiger partial charge >= 0.3 is 0 Å². The Kier molecular flexibility index (Phi) is 4.62. The van der Waals surface area contributed by atoms with E-state index < -0.39 is 0 Å². The van der Waals surface area contributed by atoms with Crippen molar-refractivity contribution < 1.29 is 9.53 Å². The fourth-order valence-corrected chi connectivity index (χ4v) is 3.29. The van der Waals surface area contributed by atoms with Crippen molar-refractivity contribution in [3.63, 3.8) is 0 Å². The lowest BCUT2D eigenvalue weighted by Gasteiger charge is -2.34. The van der Waals surface area contributed by atoms with Crippen LogP contribution in [-0.4, -0.2) is 35.0 Å². The maximum absolute atomic E-state index is 12.8. The molecule has 2 aromatic heterocycles. The summed E-state index contributed by atoms with van der Waals surface area (Å²) in [5.41, 5.74) is 0.653. The maximum atomic E-state index is 12.8. The number of carbonyl (C=O) groups is 1. The Morgan fingerprint density at radius 3 is 2.86 bits per heavy atom. The summed E-state index contributed by atoms with van der Waals surface area (Å²) in [6.07, 6.45) is 5.13. The van der Waals surface area contributed by atoms with Gasteiger partial charge in [-0.15, -0.1) is 11.3 Å². The third-order valence-electron chi connectivity index (χ3n) is 3.71. The van der Waals surface area contributed by atoms with Crippen molar-refractivity contribution in [1.29, 1.82) is 0 Å². The van der Waals surface area contributed by atoms with E-state index in [9.17, 15) is 4.79 Å². The topological polar surface area (TPSA) is 42.4 Å². The second-order valence-corrected chi connectivity index (χ2v) is 6.13. The number of pyridine rings is 1. The van der Waals surface area contributed by atoms with Crippen LogP contribution in [0.15, 0.2) is 42.0 Å². The third-order valence-corrected chi connectivity index (χ3v) is 4.57. The highest BCUT2D eigenvalue weighted by Crippen LogP contribution is 2.22. The highest BCUT2D eigenvalue weighted by molar-refractivity contribution is 7.09. The number of rotatable bonds is 4. The van der Waals surface area contributed by atoms with Crippen LogP contribution in [0.1, 0.15) is 28.1 Å². The van der Waals surface area contributed by atoms with Crippen LogP contribution in [0.25, 0.3) is 0 Å². The number of ether oxygens (including phenoxy) is 1. The molecule has 0 N–H and O–H groups in total. The van der Waals surface area contributed by atoms with Crippen molar-refractivity contribution in [1.82, 2.24) is 9.88 Å². The van der Waals surface area contributed by atoms with E-state index in [-0.39, 0.29) is 11.9 Å². The fraction of sp³-hybridized carbons (Fsp3) is 0.375. The van der Waals surface area contributed by atoms with Crippen LogP contribution in [0.4, 0.5) is 0 Å². The Morgan fingerprint density at radius 2 is 2.19 bits per heavy atom. The molecule has 0 spiro atoms. The van der Waals surface area contributed by atoms with E-state index in [1.807, 2.05) is 22.4 Å². The summed E-state index contributed by atoms with van der Waals surface area (Å²) >= 11 is 1.69. The molecule has 1 aliphatic rings. The highest BCUT2D eigenvalue weighted by atomic mass is 32.1. The predicted molar refractivity (Wildman–Crippen MR) is 82.3 cm³/mol. The predicted octanol–water partition coefficient (Wildman–Crippen LogP) is 2.96. The minimum atomic E-state index is 0.0587. The number of carbonyl (C=O) groups excluding carboxylic acids is 1. The van der Waals surface area contributed by atoms with Crippen molar-refractivity contribution in [3.05, 3.63) is 52.5 Å². The molecule has 5 heteroatoms. The summed E-state index contributed by atoms with van der Waals surface area (Å²) in [5, 5.41) is 2.05. The van der Waals surface area contributed by atoms with E-state index in [0.29, 0.717) is 12.1 Å². The van der Waals surface area contributed by atoms with Gasteiger partial charge in [0.2, 0.25) is 0 Å². The summed E-state index contributed by atoms with van der Waals surface area (Å²) in [4.78, 5) is 20.1. The number of amides is 1. The smallest absolute Gasteiger partial charge is 0.255 e. The van der Waals surface area contributed by atoms with Crippen LogP contribution >= 0.6 is 11.3 Å². The summed E-state index contributed by atoms with van der Waals surface area (Å²) in [6, 6.07) is 7.98. The normalized spacial score (nSPS) is 15.8. The number of hydrogen-bond donors (Lipinski definition) is 0. The SMILES string of the molecule is O=C(c1cccnc1)N(Cc1cccs1)C1CCOCC1. The molecular formula is C16H18N2O2S. The molecule has 0 aromatic carbocycles. The largest absolute Gasteiger partial charge is 0.381 e. The van der Waals surface area contributed by atoms with Gasteiger partial charge in [-0.05, 0) is 36.4 Å². The first-order valence-corrected chi connectivity index (χ1v) is 8.03. The van der Waals surface area contributed by atoms with E-state index in [0.717, 1.165) is 26.1 Å². The second-order valence-electron chi connectivity index (χ2n) is 5.10. The second kappa shape index (κ2) is 6.83.